The molecule has 2 rings (SSSR count). The lowest BCUT2D eigenvalue weighted by Crippen LogP contribution is -2.30. The quantitative estimate of drug-likeness (QED) is 0.789. The highest BCUT2D eigenvalue weighted by Crippen LogP contribution is 2.15. The Morgan fingerprint density at radius 3 is 2.82 bits per heavy atom. The first kappa shape index (κ1) is 12.7. The summed E-state index contributed by atoms with van der Waals surface area (Å²) in [6, 6.07) is 4.24. The van der Waals surface area contributed by atoms with Gasteiger partial charge in [-0.2, -0.15) is 0 Å². The topological polar surface area (TPSA) is 31.1 Å². The molecule has 0 aliphatic carbocycles. The first-order valence-electron chi connectivity index (χ1n) is 6.86. The van der Waals surface area contributed by atoms with Crippen LogP contribution in [0.1, 0.15) is 25.0 Å². The highest BCUT2D eigenvalue weighted by Gasteiger charge is 2.13. The Hall–Kier alpha value is -0.800. The molecule has 2 heterocycles. The van der Waals surface area contributed by atoms with Crippen LogP contribution in [0.2, 0.25) is 0 Å². The molecule has 0 unspecified atom stereocenters. The molecule has 3 heteroatoms. The van der Waals surface area contributed by atoms with Crippen molar-refractivity contribution in [3.63, 3.8) is 0 Å². The second-order valence-electron chi connectivity index (χ2n) is 5.23. The standard InChI is InChI=1S/C14H25N3/c1-17(12-7-14-3-2-8-16-14)11-6-13-4-9-15-10-5-13/h2-3,8,13,15-16H,4-7,9-12H2,1H3. The van der Waals surface area contributed by atoms with Crippen LogP contribution in [0.5, 0.6) is 0 Å². The zero-order valence-corrected chi connectivity index (χ0v) is 10.9. The Morgan fingerprint density at radius 2 is 2.12 bits per heavy atom. The van der Waals surface area contributed by atoms with Gasteiger partial charge in [-0.15, -0.1) is 0 Å². The van der Waals surface area contributed by atoms with Crippen LogP contribution in [-0.2, 0) is 6.42 Å². The Labute approximate surface area is 105 Å². The van der Waals surface area contributed by atoms with Gasteiger partial charge in [-0.3, -0.25) is 0 Å². The molecule has 1 aromatic heterocycles. The number of aromatic amines is 1. The number of nitrogens with one attached hydrogen (secondary N) is 2. The number of likely N-dealkylation sites (N-methyl/N-ethyl adjacent to an activating group) is 1. The van der Waals surface area contributed by atoms with Gasteiger partial charge < -0.3 is 15.2 Å². The van der Waals surface area contributed by atoms with E-state index in [1.165, 1.54) is 44.6 Å². The van der Waals surface area contributed by atoms with Gasteiger partial charge in [0.15, 0.2) is 0 Å². The zero-order chi connectivity index (χ0) is 11.9. The molecule has 1 aliphatic heterocycles. The van der Waals surface area contributed by atoms with Gasteiger partial charge in [0, 0.05) is 24.9 Å². The molecule has 0 atom stereocenters. The molecule has 0 radical (unpaired) electrons. The Kier molecular flexibility index (Phi) is 5.08. The highest BCUT2D eigenvalue weighted by atomic mass is 15.1. The summed E-state index contributed by atoms with van der Waals surface area (Å²) >= 11 is 0. The number of nitrogens with zero attached hydrogens (tertiary/aromatic N) is 1. The first-order chi connectivity index (χ1) is 8.34. The van der Waals surface area contributed by atoms with Gasteiger partial charge in [-0.25, -0.2) is 0 Å². The lowest BCUT2D eigenvalue weighted by molar-refractivity contribution is 0.272. The van der Waals surface area contributed by atoms with Crippen molar-refractivity contribution in [3.8, 4) is 0 Å². The Morgan fingerprint density at radius 1 is 1.29 bits per heavy atom. The molecule has 1 saturated heterocycles. The third-order valence-corrected chi connectivity index (χ3v) is 3.80. The summed E-state index contributed by atoms with van der Waals surface area (Å²) in [5, 5.41) is 3.43. The maximum atomic E-state index is 3.43. The van der Waals surface area contributed by atoms with Crippen molar-refractivity contribution >= 4 is 0 Å². The SMILES string of the molecule is CN(CCc1ccc[nH]1)CCC1CCNCC1. The van der Waals surface area contributed by atoms with Crippen molar-refractivity contribution in [1.29, 1.82) is 0 Å². The normalized spacial score (nSPS) is 17.8. The van der Waals surface area contributed by atoms with Gasteiger partial charge in [0.2, 0.25) is 0 Å². The zero-order valence-electron chi connectivity index (χ0n) is 10.9. The van der Waals surface area contributed by atoms with E-state index in [1.54, 1.807) is 0 Å². The number of aromatic nitrogens is 1. The molecule has 0 aromatic carbocycles. The fourth-order valence-electron chi connectivity index (χ4n) is 2.52. The third-order valence-electron chi connectivity index (χ3n) is 3.80. The Balaban J connectivity index is 1.58. The summed E-state index contributed by atoms with van der Waals surface area (Å²) in [6.45, 7) is 4.84. The first-order valence-corrected chi connectivity index (χ1v) is 6.86. The van der Waals surface area contributed by atoms with E-state index < -0.39 is 0 Å². The van der Waals surface area contributed by atoms with E-state index in [-0.39, 0.29) is 0 Å². The van der Waals surface area contributed by atoms with E-state index in [4.69, 9.17) is 0 Å². The van der Waals surface area contributed by atoms with Crippen molar-refractivity contribution in [2.45, 2.75) is 25.7 Å². The van der Waals surface area contributed by atoms with Crippen molar-refractivity contribution < 1.29 is 0 Å². The molecule has 2 N–H and O–H groups in total. The van der Waals surface area contributed by atoms with E-state index in [0.717, 1.165) is 18.9 Å². The smallest absolute Gasteiger partial charge is 0.0159 e. The van der Waals surface area contributed by atoms with Crippen LogP contribution < -0.4 is 5.32 Å². The number of piperidine rings is 1. The molecule has 96 valence electrons. The molecule has 0 saturated carbocycles. The average molecular weight is 235 g/mol. The largest absolute Gasteiger partial charge is 0.365 e. The van der Waals surface area contributed by atoms with Crippen LogP contribution in [0.4, 0.5) is 0 Å². The Bertz CT molecular complexity index is 288. The summed E-state index contributed by atoms with van der Waals surface area (Å²) in [6.07, 6.45) is 7.23. The predicted octanol–water partition coefficient (Wildman–Crippen LogP) is 1.88. The minimum absolute atomic E-state index is 0.948. The van der Waals surface area contributed by atoms with Crippen LogP contribution in [0.3, 0.4) is 0 Å². The van der Waals surface area contributed by atoms with Crippen LogP contribution in [0.25, 0.3) is 0 Å². The number of hydrogen-bond acceptors (Lipinski definition) is 2. The van der Waals surface area contributed by atoms with E-state index in [0.29, 0.717) is 0 Å². The van der Waals surface area contributed by atoms with Crippen molar-refractivity contribution in [1.82, 2.24) is 15.2 Å². The number of rotatable bonds is 6. The van der Waals surface area contributed by atoms with Crippen molar-refractivity contribution in [2.24, 2.45) is 5.92 Å². The number of hydrogen-bond donors (Lipinski definition) is 2. The molecule has 0 spiro atoms. The summed E-state index contributed by atoms with van der Waals surface area (Å²) < 4.78 is 0. The monoisotopic (exact) mass is 235 g/mol. The fraction of sp³-hybridized carbons (Fsp3) is 0.714. The van der Waals surface area contributed by atoms with Crippen molar-refractivity contribution in [3.05, 3.63) is 24.0 Å². The molecule has 1 aliphatic rings. The maximum absolute atomic E-state index is 3.43. The average Bonchev–Trinajstić information content (AvgIpc) is 2.88. The summed E-state index contributed by atoms with van der Waals surface area (Å²) in [5.74, 6) is 0.948. The third kappa shape index (κ3) is 4.52. The van der Waals surface area contributed by atoms with Gasteiger partial charge in [0.05, 0.1) is 0 Å². The van der Waals surface area contributed by atoms with Gasteiger partial charge in [0.25, 0.3) is 0 Å². The minimum Gasteiger partial charge on any atom is -0.365 e. The fourth-order valence-corrected chi connectivity index (χ4v) is 2.52. The van der Waals surface area contributed by atoms with Crippen LogP contribution in [-0.4, -0.2) is 43.1 Å². The lowest BCUT2D eigenvalue weighted by atomic mass is 9.94. The summed E-state index contributed by atoms with van der Waals surface area (Å²) in [7, 11) is 2.24. The highest BCUT2D eigenvalue weighted by molar-refractivity contribution is 5.03. The molecule has 17 heavy (non-hydrogen) atoms. The van der Waals surface area contributed by atoms with Crippen molar-refractivity contribution in [2.75, 3.05) is 33.2 Å². The second-order valence-corrected chi connectivity index (χ2v) is 5.23. The maximum Gasteiger partial charge on any atom is 0.0159 e. The molecule has 1 fully saturated rings. The number of H-pyrrole nitrogens is 1. The van der Waals surface area contributed by atoms with Crippen LogP contribution >= 0.6 is 0 Å². The molecule has 0 bridgehead atoms. The summed E-state index contributed by atoms with van der Waals surface area (Å²) in [4.78, 5) is 5.72. The van der Waals surface area contributed by atoms with E-state index in [2.05, 4.69) is 34.4 Å². The van der Waals surface area contributed by atoms with Gasteiger partial charge in [0.1, 0.15) is 0 Å². The van der Waals surface area contributed by atoms with Gasteiger partial charge >= 0.3 is 0 Å². The van der Waals surface area contributed by atoms with Crippen LogP contribution in [0, 0.1) is 5.92 Å². The van der Waals surface area contributed by atoms with Gasteiger partial charge in [-0.05, 0) is 64.0 Å². The molecular weight excluding hydrogens is 210 g/mol. The van der Waals surface area contributed by atoms with E-state index in [9.17, 15) is 0 Å². The second kappa shape index (κ2) is 6.82. The van der Waals surface area contributed by atoms with E-state index >= 15 is 0 Å². The molecular formula is C14H25N3. The summed E-state index contributed by atoms with van der Waals surface area (Å²) in [5.41, 5.74) is 1.35. The predicted molar refractivity (Wildman–Crippen MR) is 72.2 cm³/mol. The minimum atomic E-state index is 0.948. The van der Waals surface area contributed by atoms with Crippen LogP contribution in [0.15, 0.2) is 18.3 Å². The van der Waals surface area contributed by atoms with E-state index in [1.807, 2.05) is 6.20 Å². The molecule has 0 amide bonds. The lowest BCUT2D eigenvalue weighted by Gasteiger charge is -2.25. The molecule has 1 aromatic rings. The van der Waals surface area contributed by atoms with Gasteiger partial charge in [-0.1, -0.05) is 0 Å². The molecule has 3 nitrogen and oxygen atoms in total.